The van der Waals surface area contributed by atoms with E-state index >= 15 is 0 Å². The molecule has 0 atom stereocenters. The van der Waals surface area contributed by atoms with Gasteiger partial charge in [0.1, 0.15) is 0 Å². The zero-order chi connectivity index (χ0) is 22.1. The van der Waals surface area contributed by atoms with Crippen molar-refractivity contribution in [1.82, 2.24) is 14.8 Å². The number of carbonyl (C=O) groups is 2. The fraction of sp³-hybridized carbons (Fsp3) is 0.478. The monoisotopic (exact) mass is 415 g/mol. The summed E-state index contributed by atoms with van der Waals surface area (Å²) in [6.07, 6.45) is 3.66. The number of piperidine rings is 1. The predicted molar refractivity (Wildman–Crippen MR) is 118 cm³/mol. The van der Waals surface area contributed by atoms with E-state index in [0.717, 1.165) is 25.7 Å². The van der Waals surface area contributed by atoms with Crippen LogP contribution in [0.1, 0.15) is 32.4 Å². The molecule has 0 spiro atoms. The van der Waals surface area contributed by atoms with E-state index in [-0.39, 0.29) is 0 Å². The van der Waals surface area contributed by atoms with Crippen molar-refractivity contribution >= 4 is 22.8 Å². The van der Waals surface area contributed by atoms with Crippen LogP contribution >= 0.6 is 0 Å². The number of benzene rings is 1. The topological polar surface area (TPSA) is 94.8 Å². The maximum Gasteiger partial charge on any atom is 0.328 e. The van der Waals surface area contributed by atoms with Crippen molar-refractivity contribution in [2.75, 3.05) is 19.6 Å². The minimum Gasteiger partial charge on any atom is -0.478 e. The van der Waals surface area contributed by atoms with Gasteiger partial charge in [-0.05, 0) is 49.4 Å². The van der Waals surface area contributed by atoms with Gasteiger partial charge in [-0.2, -0.15) is 0 Å². The van der Waals surface area contributed by atoms with Gasteiger partial charge in [-0.3, -0.25) is 4.90 Å². The van der Waals surface area contributed by atoms with Crippen molar-refractivity contribution in [2.45, 2.75) is 39.3 Å². The van der Waals surface area contributed by atoms with Crippen LogP contribution in [0.15, 0.2) is 42.5 Å². The summed E-state index contributed by atoms with van der Waals surface area (Å²) in [6, 6.07) is 11.8. The molecule has 3 rings (SSSR count). The lowest BCUT2D eigenvalue weighted by Crippen LogP contribution is -2.44. The third-order valence-electron chi connectivity index (χ3n) is 5.21. The molecular weight excluding hydrogens is 382 g/mol. The molecule has 0 radical (unpaired) electrons. The number of nitrogens with zero attached hydrogens (tertiary/aromatic N) is 2. The van der Waals surface area contributed by atoms with Crippen molar-refractivity contribution in [2.24, 2.45) is 13.0 Å². The molecule has 1 aromatic heterocycles. The van der Waals surface area contributed by atoms with Gasteiger partial charge < -0.3 is 20.1 Å². The molecule has 0 amide bonds. The Morgan fingerprint density at radius 3 is 2.30 bits per heavy atom. The molecule has 1 aliphatic rings. The van der Waals surface area contributed by atoms with E-state index in [1.165, 1.54) is 36.0 Å². The molecule has 1 fully saturated rings. The molecular formula is C23H33N3O4. The average molecular weight is 416 g/mol. The molecule has 7 heteroatoms. The molecule has 7 nitrogen and oxygen atoms in total. The molecule has 0 unspecified atom stereocenters. The minimum absolute atomic E-state index is 0.558. The van der Waals surface area contributed by atoms with Crippen LogP contribution in [0, 0.1) is 5.92 Å². The van der Waals surface area contributed by atoms with Crippen LogP contribution in [-0.4, -0.2) is 57.3 Å². The molecule has 0 bridgehead atoms. The zero-order valence-electron chi connectivity index (χ0n) is 18.0. The second kappa shape index (κ2) is 11.5. The van der Waals surface area contributed by atoms with Gasteiger partial charge in [-0.25, -0.2) is 9.59 Å². The average Bonchev–Trinajstić information content (AvgIpc) is 3.02. The number of hydrogen-bond acceptors (Lipinski definition) is 4. The first-order chi connectivity index (χ1) is 14.3. The van der Waals surface area contributed by atoms with Gasteiger partial charge in [0.25, 0.3) is 0 Å². The van der Waals surface area contributed by atoms with Crippen LogP contribution < -0.4 is 5.32 Å². The lowest BCUT2D eigenvalue weighted by Gasteiger charge is -2.35. The quantitative estimate of drug-likeness (QED) is 0.602. The van der Waals surface area contributed by atoms with E-state index in [2.05, 4.69) is 66.0 Å². The van der Waals surface area contributed by atoms with Gasteiger partial charge >= 0.3 is 11.9 Å². The van der Waals surface area contributed by atoms with Crippen LogP contribution in [0.5, 0.6) is 0 Å². The third kappa shape index (κ3) is 7.31. The number of aryl methyl sites for hydroxylation is 1. The number of nitrogens with one attached hydrogen (secondary N) is 1. The number of carboxylic acid groups (broad SMARTS) is 2. The zero-order valence-corrected chi connectivity index (χ0v) is 18.0. The largest absolute Gasteiger partial charge is 0.478 e. The van der Waals surface area contributed by atoms with Crippen molar-refractivity contribution in [3.8, 4) is 0 Å². The first-order valence-electron chi connectivity index (χ1n) is 10.4. The first kappa shape index (κ1) is 23.6. The Hall–Kier alpha value is -2.64. The van der Waals surface area contributed by atoms with E-state index in [1.54, 1.807) is 0 Å². The summed E-state index contributed by atoms with van der Waals surface area (Å²) in [4.78, 5) is 21.8. The highest BCUT2D eigenvalue weighted by atomic mass is 16.4. The Kier molecular flexibility index (Phi) is 9.08. The summed E-state index contributed by atoms with van der Waals surface area (Å²) in [5.74, 6) is -1.80. The normalized spacial score (nSPS) is 15.0. The van der Waals surface area contributed by atoms with E-state index in [0.29, 0.717) is 18.1 Å². The summed E-state index contributed by atoms with van der Waals surface area (Å²) >= 11 is 0. The van der Waals surface area contributed by atoms with Crippen molar-refractivity contribution in [1.29, 1.82) is 0 Å². The lowest BCUT2D eigenvalue weighted by molar-refractivity contribution is -0.134. The molecule has 1 saturated heterocycles. The highest BCUT2D eigenvalue weighted by Gasteiger charge is 2.22. The molecule has 0 aliphatic carbocycles. The molecule has 2 heterocycles. The second-order valence-electron chi connectivity index (χ2n) is 8.07. The van der Waals surface area contributed by atoms with Crippen molar-refractivity contribution < 1.29 is 19.8 Å². The standard InChI is InChI=1S/C19H29N3.C4H4O4/c1-15(2)13-22(17-8-10-20-11-9-17)14-18-12-16-6-4-5-7-19(16)21(18)3;5-3(6)1-2-4(7)8/h4-7,12,15,17,20H,8-11,13-14H2,1-3H3;1-2H,(H,5,6)(H,7,8)/b;2-1+. The van der Waals surface area contributed by atoms with Gasteiger partial charge in [0.05, 0.1) is 0 Å². The molecule has 164 valence electrons. The van der Waals surface area contributed by atoms with E-state index in [1.807, 2.05) is 0 Å². The van der Waals surface area contributed by atoms with Gasteiger partial charge in [-0.1, -0.05) is 32.0 Å². The van der Waals surface area contributed by atoms with E-state index < -0.39 is 11.9 Å². The SMILES string of the molecule is CC(C)CN(Cc1cc2ccccc2n1C)C1CCNCC1.O=C(O)/C=C/C(=O)O. The fourth-order valence-electron chi connectivity index (χ4n) is 3.83. The Balaban J connectivity index is 0.000000343. The number of rotatable bonds is 7. The minimum atomic E-state index is -1.26. The summed E-state index contributed by atoms with van der Waals surface area (Å²) in [5.41, 5.74) is 2.77. The molecule has 2 aromatic rings. The second-order valence-corrected chi connectivity index (χ2v) is 8.07. The van der Waals surface area contributed by atoms with Crippen LogP contribution in [-0.2, 0) is 23.2 Å². The summed E-state index contributed by atoms with van der Waals surface area (Å²) in [7, 11) is 2.20. The smallest absolute Gasteiger partial charge is 0.328 e. The molecule has 0 saturated carbocycles. The summed E-state index contributed by atoms with van der Waals surface area (Å²) in [5, 5.41) is 20.5. The van der Waals surface area contributed by atoms with Crippen LogP contribution in [0.25, 0.3) is 10.9 Å². The van der Waals surface area contributed by atoms with E-state index in [4.69, 9.17) is 10.2 Å². The van der Waals surface area contributed by atoms with Crippen LogP contribution in [0.4, 0.5) is 0 Å². The molecule has 3 N–H and O–H groups in total. The highest BCUT2D eigenvalue weighted by molar-refractivity contribution is 5.89. The number of fused-ring (bicyclic) bond motifs is 1. The Bertz CT molecular complexity index is 850. The van der Waals surface area contributed by atoms with Crippen molar-refractivity contribution in [3.05, 3.63) is 48.2 Å². The molecule has 1 aliphatic heterocycles. The maximum atomic E-state index is 9.55. The fourth-order valence-corrected chi connectivity index (χ4v) is 3.83. The van der Waals surface area contributed by atoms with E-state index in [9.17, 15) is 9.59 Å². The summed E-state index contributed by atoms with van der Waals surface area (Å²) < 4.78 is 2.36. The predicted octanol–water partition coefficient (Wildman–Crippen LogP) is 3.10. The van der Waals surface area contributed by atoms with Gasteiger partial charge in [0.2, 0.25) is 0 Å². The van der Waals surface area contributed by atoms with Crippen molar-refractivity contribution in [3.63, 3.8) is 0 Å². The number of aromatic nitrogens is 1. The van der Waals surface area contributed by atoms with Gasteiger partial charge in [0.15, 0.2) is 0 Å². The third-order valence-corrected chi connectivity index (χ3v) is 5.21. The number of para-hydroxylation sites is 1. The van der Waals surface area contributed by atoms with Crippen LogP contribution in [0.2, 0.25) is 0 Å². The maximum absolute atomic E-state index is 9.55. The van der Waals surface area contributed by atoms with Gasteiger partial charge in [0, 0.05) is 49.5 Å². The molecule has 30 heavy (non-hydrogen) atoms. The Morgan fingerprint density at radius 1 is 1.17 bits per heavy atom. The number of hydrogen-bond donors (Lipinski definition) is 3. The lowest BCUT2D eigenvalue weighted by atomic mass is 10.0. The molecule has 1 aromatic carbocycles. The summed E-state index contributed by atoms with van der Waals surface area (Å²) in [6.45, 7) is 9.23. The van der Waals surface area contributed by atoms with Gasteiger partial charge in [-0.15, -0.1) is 0 Å². The number of aliphatic carboxylic acids is 2. The first-order valence-corrected chi connectivity index (χ1v) is 10.4. The van der Waals surface area contributed by atoms with Crippen LogP contribution in [0.3, 0.4) is 0 Å². The Labute approximate surface area is 178 Å². The highest BCUT2D eigenvalue weighted by Crippen LogP contribution is 2.22. The number of carboxylic acids is 2. The Morgan fingerprint density at radius 2 is 1.77 bits per heavy atom.